The molecule has 0 unspecified atom stereocenters. The zero-order valence-electron chi connectivity index (χ0n) is 8.66. The van der Waals surface area contributed by atoms with Gasteiger partial charge >= 0.3 is 0 Å². The molecular weight excluding hydrogens is 208 g/mol. The van der Waals surface area contributed by atoms with Crippen LogP contribution in [0.3, 0.4) is 0 Å². The van der Waals surface area contributed by atoms with Crippen LogP contribution >= 0.6 is 11.6 Å². The van der Waals surface area contributed by atoms with Crippen LogP contribution in [0.15, 0.2) is 30.3 Å². The average Bonchev–Trinajstić information content (AvgIpc) is 2.26. The number of rotatable bonds is 6. The molecule has 1 rings (SSSR count). The van der Waals surface area contributed by atoms with E-state index in [0.29, 0.717) is 6.42 Å². The van der Waals surface area contributed by atoms with Crippen LogP contribution in [0.1, 0.15) is 31.2 Å². The molecule has 15 heavy (non-hydrogen) atoms. The second-order valence-electron chi connectivity index (χ2n) is 3.41. The van der Waals surface area contributed by atoms with Crippen molar-refractivity contribution in [1.29, 1.82) is 0 Å². The van der Waals surface area contributed by atoms with E-state index in [4.69, 9.17) is 11.6 Å². The Morgan fingerprint density at radius 1 is 1.07 bits per heavy atom. The topological polar surface area (TPSA) is 17.1 Å². The molecule has 1 nitrogen and oxygen atoms in total. The first-order valence-electron chi connectivity index (χ1n) is 5.18. The zero-order valence-corrected chi connectivity index (χ0v) is 9.41. The number of benzene rings is 1. The van der Waals surface area contributed by atoms with Gasteiger partial charge in [0.1, 0.15) is 6.29 Å². The molecular formula is C13H15ClO. The Balaban J connectivity index is 2.25. The lowest BCUT2D eigenvalue weighted by Gasteiger charge is -1.94. The molecule has 0 saturated carbocycles. The number of carbonyl (C=O) groups excluding carboxylic acids is 1. The second kappa shape index (κ2) is 7.24. The molecule has 0 saturated heterocycles. The van der Waals surface area contributed by atoms with Crippen molar-refractivity contribution < 1.29 is 4.79 Å². The van der Waals surface area contributed by atoms with E-state index < -0.39 is 0 Å². The Morgan fingerprint density at radius 3 is 2.40 bits per heavy atom. The quantitative estimate of drug-likeness (QED) is 0.523. The van der Waals surface area contributed by atoms with Crippen molar-refractivity contribution in [3.8, 4) is 0 Å². The van der Waals surface area contributed by atoms with Gasteiger partial charge in [-0.2, -0.15) is 0 Å². The SMILES string of the molecule is O=CCCCCC=Cc1ccc(Cl)cc1. The summed E-state index contributed by atoms with van der Waals surface area (Å²) in [5.74, 6) is 0. The Bertz CT molecular complexity index is 314. The number of allylic oxidation sites excluding steroid dienone is 1. The molecule has 80 valence electrons. The van der Waals surface area contributed by atoms with Gasteiger partial charge in [-0.3, -0.25) is 0 Å². The highest BCUT2D eigenvalue weighted by Crippen LogP contribution is 2.11. The maximum Gasteiger partial charge on any atom is 0.119 e. The average molecular weight is 223 g/mol. The maximum atomic E-state index is 10.1. The molecule has 1 aromatic rings. The van der Waals surface area contributed by atoms with Crippen molar-refractivity contribution in [2.24, 2.45) is 0 Å². The van der Waals surface area contributed by atoms with Gasteiger partial charge in [0, 0.05) is 11.4 Å². The first kappa shape index (κ1) is 12.0. The Hall–Kier alpha value is -1.08. The Kier molecular flexibility index (Phi) is 5.79. The van der Waals surface area contributed by atoms with Crippen molar-refractivity contribution in [2.75, 3.05) is 0 Å². The molecule has 0 aliphatic heterocycles. The summed E-state index contributed by atoms with van der Waals surface area (Å²) < 4.78 is 0. The fraction of sp³-hybridized carbons (Fsp3) is 0.308. The van der Waals surface area contributed by atoms with E-state index in [1.807, 2.05) is 24.3 Å². The monoisotopic (exact) mass is 222 g/mol. The molecule has 0 aliphatic rings. The summed E-state index contributed by atoms with van der Waals surface area (Å²) >= 11 is 5.77. The van der Waals surface area contributed by atoms with Crippen LogP contribution in [0.4, 0.5) is 0 Å². The van der Waals surface area contributed by atoms with Gasteiger partial charge in [0.05, 0.1) is 0 Å². The highest BCUT2D eigenvalue weighted by atomic mass is 35.5. The number of hydrogen-bond donors (Lipinski definition) is 0. The second-order valence-corrected chi connectivity index (χ2v) is 3.84. The smallest absolute Gasteiger partial charge is 0.119 e. The van der Waals surface area contributed by atoms with Gasteiger partial charge in [-0.15, -0.1) is 0 Å². The highest BCUT2D eigenvalue weighted by molar-refractivity contribution is 6.30. The van der Waals surface area contributed by atoms with Crippen LogP contribution in [0, 0.1) is 0 Å². The summed E-state index contributed by atoms with van der Waals surface area (Å²) in [6, 6.07) is 7.75. The first-order valence-corrected chi connectivity index (χ1v) is 5.56. The third kappa shape index (κ3) is 5.38. The summed E-state index contributed by atoms with van der Waals surface area (Å²) in [6.07, 6.45) is 8.94. The molecule has 0 amide bonds. The predicted octanol–water partition coefficient (Wildman–Crippen LogP) is 4.11. The van der Waals surface area contributed by atoms with E-state index >= 15 is 0 Å². The fourth-order valence-corrected chi connectivity index (χ4v) is 1.41. The molecule has 0 radical (unpaired) electrons. The minimum atomic E-state index is 0.675. The lowest BCUT2D eigenvalue weighted by atomic mass is 10.1. The van der Waals surface area contributed by atoms with Gasteiger partial charge in [-0.05, 0) is 37.0 Å². The standard InChI is InChI=1S/C13H15ClO/c14-13-9-7-12(8-10-13)6-4-2-1-3-5-11-15/h4,6-11H,1-3,5H2. The van der Waals surface area contributed by atoms with Crippen molar-refractivity contribution in [2.45, 2.75) is 25.7 Å². The number of carbonyl (C=O) groups is 1. The van der Waals surface area contributed by atoms with E-state index in [9.17, 15) is 4.79 Å². The summed E-state index contributed by atoms with van der Waals surface area (Å²) in [6.45, 7) is 0. The van der Waals surface area contributed by atoms with Gasteiger partial charge in [0.25, 0.3) is 0 Å². The molecule has 2 heteroatoms. The minimum Gasteiger partial charge on any atom is -0.303 e. The van der Waals surface area contributed by atoms with Gasteiger partial charge in [-0.25, -0.2) is 0 Å². The zero-order chi connectivity index (χ0) is 10.9. The van der Waals surface area contributed by atoms with E-state index in [0.717, 1.165) is 36.1 Å². The van der Waals surface area contributed by atoms with Crippen molar-refractivity contribution in [3.05, 3.63) is 40.9 Å². The molecule has 0 heterocycles. The van der Waals surface area contributed by atoms with E-state index in [1.54, 1.807) is 0 Å². The normalized spacial score (nSPS) is 10.7. The molecule has 0 N–H and O–H groups in total. The number of halogens is 1. The number of aldehydes is 1. The van der Waals surface area contributed by atoms with Gasteiger partial charge < -0.3 is 4.79 Å². The molecule has 0 spiro atoms. The van der Waals surface area contributed by atoms with E-state index in [1.165, 1.54) is 0 Å². The number of hydrogen-bond acceptors (Lipinski definition) is 1. The number of unbranched alkanes of at least 4 members (excludes halogenated alkanes) is 3. The van der Waals surface area contributed by atoms with Crippen LogP contribution in [-0.2, 0) is 4.79 Å². The highest BCUT2D eigenvalue weighted by Gasteiger charge is 1.88. The van der Waals surface area contributed by atoms with Crippen molar-refractivity contribution >= 4 is 24.0 Å². The van der Waals surface area contributed by atoms with Crippen molar-refractivity contribution in [3.63, 3.8) is 0 Å². The minimum absolute atomic E-state index is 0.675. The van der Waals surface area contributed by atoms with E-state index in [2.05, 4.69) is 12.2 Å². The lowest BCUT2D eigenvalue weighted by Crippen LogP contribution is -1.76. The fourth-order valence-electron chi connectivity index (χ4n) is 1.28. The van der Waals surface area contributed by atoms with Crippen LogP contribution in [0.2, 0.25) is 5.02 Å². The Labute approximate surface area is 95.8 Å². The van der Waals surface area contributed by atoms with Crippen LogP contribution < -0.4 is 0 Å². The predicted molar refractivity (Wildman–Crippen MR) is 65.0 cm³/mol. The third-order valence-electron chi connectivity index (χ3n) is 2.12. The molecule has 0 aliphatic carbocycles. The van der Waals surface area contributed by atoms with Gasteiger partial charge in [-0.1, -0.05) is 35.9 Å². The van der Waals surface area contributed by atoms with Crippen LogP contribution in [0.5, 0.6) is 0 Å². The van der Waals surface area contributed by atoms with Crippen LogP contribution in [0.25, 0.3) is 6.08 Å². The van der Waals surface area contributed by atoms with E-state index in [-0.39, 0.29) is 0 Å². The first-order chi connectivity index (χ1) is 7.33. The third-order valence-corrected chi connectivity index (χ3v) is 2.38. The summed E-state index contributed by atoms with van der Waals surface area (Å²) in [5, 5.41) is 0.762. The molecule has 0 atom stereocenters. The lowest BCUT2D eigenvalue weighted by molar-refractivity contribution is -0.107. The summed E-state index contributed by atoms with van der Waals surface area (Å²) in [5.41, 5.74) is 1.16. The maximum absolute atomic E-state index is 10.1. The Morgan fingerprint density at radius 2 is 1.73 bits per heavy atom. The van der Waals surface area contributed by atoms with Gasteiger partial charge in [0.15, 0.2) is 0 Å². The molecule has 0 bridgehead atoms. The molecule has 1 aromatic carbocycles. The molecule has 0 fully saturated rings. The van der Waals surface area contributed by atoms with Crippen LogP contribution in [-0.4, -0.2) is 6.29 Å². The largest absolute Gasteiger partial charge is 0.303 e. The molecule has 0 aromatic heterocycles. The van der Waals surface area contributed by atoms with Gasteiger partial charge in [0.2, 0.25) is 0 Å². The summed E-state index contributed by atoms with van der Waals surface area (Å²) in [7, 11) is 0. The summed E-state index contributed by atoms with van der Waals surface area (Å²) in [4.78, 5) is 10.1. The van der Waals surface area contributed by atoms with Crippen molar-refractivity contribution in [1.82, 2.24) is 0 Å².